The maximum atomic E-state index is 12.5. The molecule has 154 valence electrons. The van der Waals surface area contributed by atoms with Crippen molar-refractivity contribution in [2.75, 3.05) is 20.2 Å². The van der Waals surface area contributed by atoms with E-state index in [1.807, 2.05) is 32.0 Å². The summed E-state index contributed by atoms with van der Waals surface area (Å²) in [5, 5.41) is 0. The summed E-state index contributed by atoms with van der Waals surface area (Å²) in [7, 11) is 1.37. The summed E-state index contributed by atoms with van der Waals surface area (Å²) < 4.78 is 15.7. The van der Waals surface area contributed by atoms with Crippen LogP contribution in [0.15, 0.2) is 24.3 Å². The maximum Gasteiger partial charge on any atom is 0.311 e. The fourth-order valence-corrected chi connectivity index (χ4v) is 3.22. The van der Waals surface area contributed by atoms with Gasteiger partial charge in [0.15, 0.2) is 6.10 Å². The van der Waals surface area contributed by atoms with Gasteiger partial charge in [-0.1, -0.05) is 12.1 Å². The average molecular weight is 391 g/mol. The molecule has 7 heteroatoms. The lowest BCUT2D eigenvalue weighted by atomic mass is 9.97. The number of carbonyl (C=O) groups is 3. The van der Waals surface area contributed by atoms with Crippen molar-refractivity contribution in [3.05, 3.63) is 29.8 Å². The molecule has 1 unspecified atom stereocenters. The van der Waals surface area contributed by atoms with Gasteiger partial charge in [0, 0.05) is 13.1 Å². The molecule has 1 aliphatic heterocycles. The fourth-order valence-electron chi connectivity index (χ4n) is 3.22. The Balaban J connectivity index is 1.83. The van der Waals surface area contributed by atoms with E-state index in [-0.39, 0.29) is 30.3 Å². The lowest BCUT2D eigenvalue weighted by Crippen LogP contribution is -2.45. The lowest BCUT2D eigenvalue weighted by molar-refractivity contribution is -0.160. The van der Waals surface area contributed by atoms with Gasteiger partial charge in [0.05, 0.1) is 25.6 Å². The van der Waals surface area contributed by atoms with Crippen molar-refractivity contribution in [3.63, 3.8) is 0 Å². The monoisotopic (exact) mass is 391 g/mol. The SMILES string of the molecule is COC(=O)C1CCN(C(=O)C(C)OC(=O)Cc2cccc(OC(C)C)c2)CC1. The van der Waals surface area contributed by atoms with Crippen LogP contribution in [0.1, 0.15) is 39.2 Å². The molecule has 28 heavy (non-hydrogen) atoms. The normalized spacial score (nSPS) is 15.8. The van der Waals surface area contributed by atoms with Crippen LogP contribution in [0.25, 0.3) is 0 Å². The number of likely N-dealkylation sites (tertiary alicyclic amines) is 1. The number of benzene rings is 1. The highest BCUT2D eigenvalue weighted by atomic mass is 16.5. The molecule has 0 bridgehead atoms. The van der Waals surface area contributed by atoms with E-state index in [1.54, 1.807) is 17.9 Å². The fraction of sp³-hybridized carbons (Fsp3) is 0.571. The van der Waals surface area contributed by atoms with Crippen molar-refractivity contribution in [3.8, 4) is 5.75 Å². The van der Waals surface area contributed by atoms with Crippen LogP contribution in [0, 0.1) is 5.92 Å². The second-order valence-electron chi connectivity index (χ2n) is 7.25. The van der Waals surface area contributed by atoms with E-state index in [9.17, 15) is 14.4 Å². The minimum Gasteiger partial charge on any atom is -0.491 e. The summed E-state index contributed by atoms with van der Waals surface area (Å²) in [6.45, 7) is 6.35. The van der Waals surface area contributed by atoms with Gasteiger partial charge >= 0.3 is 11.9 Å². The van der Waals surface area contributed by atoms with Crippen LogP contribution >= 0.6 is 0 Å². The first-order valence-electron chi connectivity index (χ1n) is 9.61. The Kier molecular flexibility index (Phi) is 7.84. The Morgan fingerprint density at radius 2 is 1.82 bits per heavy atom. The molecule has 1 aromatic rings. The standard InChI is InChI=1S/C21H29NO6/c1-14(2)27-18-7-5-6-16(12-18)13-19(23)28-15(3)20(24)22-10-8-17(9-11-22)21(25)26-4/h5-7,12,14-15,17H,8-11,13H2,1-4H3. The molecule has 2 rings (SSSR count). The topological polar surface area (TPSA) is 82.1 Å². The summed E-state index contributed by atoms with van der Waals surface area (Å²) in [6.07, 6.45) is 0.362. The third-order valence-corrected chi connectivity index (χ3v) is 4.62. The van der Waals surface area contributed by atoms with Crippen molar-refractivity contribution in [2.24, 2.45) is 5.92 Å². The summed E-state index contributed by atoms with van der Waals surface area (Å²) >= 11 is 0. The van der Waals surface area contributed by atoms with Crippen molar-refractivity contribution >= 4 is 17.8 Å². The zero-order valence-electron chi connectivity index (χ0n) is 17.0. The smallest absolute Gasteiger partial charge is 0.311 e. The average Bonchev–Trinajstić information content (AvgIpc) is 2.66. The predicted molar refractivity (Wildman–Crippen MR) is 103 cm³/mol. The highest BCUT2D eigenvalue weighted by Crippen LogP contribution is 2.20. The molecule has 0 aliphatic carbocycles. The van der Waals surface area contributed by atoms with Gasteiger partial charge in [-0.2, -0.15) is 0 Å². The number of ether oxygens (including phenoxy) is 3. The summed E-state index contributed by atoms with van der Waals surface area (Å²) in [4.78, 5) is 38.0. The van der Waals surface area contributed by atoms with Gasteiger partial charge in [-0.15, -0.1) is 0 Å². The molecule has 1 saturated heterocycles. The van der Waals surface area contributed by atoms with Crippen LogP contribution in [0.2, 0.25) is 0 Å². The van der Waals surface area contributed by atoms with E-state index in [0.29, 0.717) is 31.7 Å². The zero-order chi connectivity index (χ0) is 20.7. The maximum absolute atomic E-state index is 12.5. The van der Waals surface area contributed by atoms with E-state index in [1.165, 1.54) is 7.11 Å². The molecule has 0 saturated carbocycles. The highest BCUT2D eigenvalue weighted by Gasteiger charge is 2.31. The molecule has 1 aromatic carbocycles. The Labute approximate surface area is 165 Å². The van der Waals surface area contributed by atoms with E-state index < -0.39 is 12.1 Å². The lowest BCUT2D eigenvalue weighted by Gasteiger charge is -2.32. The third kappa shape index (κ3) is 6.25. The molecule has 0 spiro atoms. The second kappa shape index (κ2) is 10.1. The van der Waals surface area contributed by atoms with Crippen LogP contribution in [0.4, 0.5) is 0 Å². The van der Waals surface area contributed by atoms with Crippen LogP contribution in [0.3, 0.4) is 0 Å². The van der Waals surface area contributed by atoms with Crippen LogP contribution in [-0.4, -0.2) is 55.2 Å². The number of methoxy groups -OCH3 is 1. The van der Waals surface area contributed by atoms with Crippen LogP contribution in [0.5, 0.6) is 5.75 Å². The molecule has 1 atom stereocenters. The van der Waals surface area contributed by atoms with Gasteiger partial charge in [-0.05, 0) is 51.3 Å². The van der Waals surface area contributed by atoms with Crippen molar-refractivity contribution in [1.82, 2.24) is 4.90 Å². The molecular formula is C21H29NO6. The first-order chi connectivity index (χ1) is 13.3. The predicted octanol–water partition coefficient (Wildman–Crippen LogP) is 2.36. The van der Waals surface area contributed by atoms with Gasteiger partial charge in [0.25, 0.3) is 5.91 Å². The second-order valence-corrected chi connectivity index (χ2v) is 7.25. The van der Waals surface area contributed by atoms with Crippen molar-refractivity contribution < 1.29 is 28.6 Å². The van der Waals surface area contributed by atoms with Gasteiger partial charge < -0.3 is 19.1 Å². The Morgan fingerprint density at radius 1 is 1.14 bits per heavy atom. The number of rotatable bonds is 7. The number of nitrogens with zero attached hydrogens (tertiary/aromatic N) is 1. The van der Waals surface area contributed by atoms with Crippen molar-refractivity contribution in [2.45, 2.75) is 52.2 Å². The number of piperidine rings is 1. The van der Waals surface area contributed by atoms with Gasteiger partial charge in [-0.3, -0.25) is 14.4 Å². The zero-order valence-corrected chi connectivity index (χ0v) is 17.0. The van der Waals surface area contributed by atoms with E-state index in [2.05, 4.69) is 0 Å². The van der Waals surface area contributed by atoms with E-state index >= 15 is 0 Å². The molecule has 0 radical (unpaired) electrons. The largest absolute Gasteiger partial charge is 0.491 e. The Bertz CT molecular complexity index is 694. The van der Waals surface area contributed by atoms with Gasteiger partial charge in [0.2, 0.25) is 0 Å². The van der Waals surface area contributed by atoms with Crippen LogP contribution < -0.4 is 4.74 Å². The first-order valence-corrected chi connectivity index (χ1v) is 9.61. The van der Waals surface area contributed by atoms with E-state index in [4.69, 9.17) is 14.2 Å². The molecule has 1 heterocycles. The number of hydrogen-bond acceptors (Lipinski definition) is 6. The van der Waals surface area contributed by atoms with E-state index in [0.717, 1.165) is 5.56 Å². The molecule has 0 aromatic heterocycles. The molecular weight excluding hydrogens is 362 g/mol. The van der Waals surface area contributed by atoms with Gasteiger partial charge in [-0.25, -0.2) is 0 Å². The number of hydrogen-bond donors (Lipinski definition) is 0. The first kappa shape index (κ1) is 21.7. The van der Waals surface area contributed by atoms with Gasteiger partial charge in [0.1, 0.15) is 5.75 Å². The van der Waals surface area contributed by atoms with Crippen LogP contribution in [-0.2, 0) is 30.3 Å². The summed E-state index contributed by atoms with van der Waals surface area (Å²) in [5.41, 5.74) is 0.765. The minimum atomic E-state index is -0.864. The number of carbonyl (C=O) groups excluding carboxylic acids is 3. The molecule has 1 aliphatic rings. The molecule has 1 amide bonds. The number of amides is 1. The number of esters is 2. The third-order valence-electron chi connectivity index (χ3n) is 4.62. The quantitative estimate of drug-likeness (QED) is 0.664. The summed E-state index contributed by atoms with van der Waals surface area (Å²) in [6, 6.07) is 7.27. The van der Waals surface area contributed by atoms with Crippen molar-refractivity contribution in [1.29, 1.82) is 0 Å². The Morgan fingerprint density at radius 3 is 2.43 bits per heavy atom. The molecule has 1 fully saturated rings. The minimum absolute atomic E-state index is 0.0446. The molecule has 0 N–H and O–H groups in total. The highest BCUT2D eigenvalue weighted by molar-refractivity contribution is 5.84. The summed E-state index contributed by atoms with van der Waals surface area (Å²) in [5.74, 6) is -0.430. The Hall–Kier alpha value is -2.57. The molecule has 7 nitrogen and oxygen atoms in total.